The van der Waals surface area contributed by atoms with E-state index >= 15 is 0 Å². The van der Waals surface area contributed by atoms with Gasteiger partial charge in [0.05, 0.1) is 18.8 Å². The monoisotopic (exact) mass is 279 g/mol. The molecule has 0 atom stereocenters. The van der Waals surface area contributed by atoms with E-state index in [9.17, 15) is 0 Å². The number of ether oxygens (including phenoxy) is 1. The second-order valence-electron chi connectivity index (χ2n) is 5.42. The van der Waals surface area contributed by atoms with Gasteiger partial charge in [0.1, 0.15) is 0 Å². The Morgan fingerprint density at radius 1 is 1.00 bits per heavy atom. The van der Waals surface area contributed by atoms with Crippen molar-refractivity contribution in [2.24, 2.45) is 0 Å². The smallest absolute Gasteiger partial charge is 0.0833 e. The topological polar surface area (TPSA) is 12.5 Å². The van der Waals surface area contributed by atoms with Crippen molar-refractivity contribution in [1.82, 2.24) is 4.90 Å². The molecule has 2 nitrogen and oxygen atoms in total. The molecule has 21 heavy (non-hydrogen) atoms. The lowest BCUT2D eigenvalue weighted by Crippen LogP contribution is -2.53. The summed E-state index contributed by atoms with van der Waals surface area (Å²) in [5.41, 5.74) is 2.68. The molecule has 0 radical (unpaired) electrons. The molecule has 1 saturated heterocycles. The van der Waals surface area contributed by atoms with Crippen LogP contribution in [0.25, 0.3) is 0 Å². The average molecular weight is 279 g/mol. The van der Waals surface area contributed by atoms with Gasteiger partial charge in [-0.2, -0.15) is 0 Å². The summed E-state index contributed by atoms with van der Waals surface area (Å²) in [6.07, 6.45) is 2.15. The van der Waals surface area contributed by atoms with Crippen LogP contribution >= 0.6 is 0 Å². The van der Waals surface area contributed by atoms with Crippen molar-refractivity contribution in [2.75, 3.05) is 19.7 Å². The van der Waals surface area contributed by atoms with E-state index in [2.05, 4.69) is 72.1 Å². The molecule has 1 aliphatic rings. The molecule has 0 bridgehead atoms. The highest BCUT2D eigenvalue weighted by atomic mass is 16.5. The summed E-state index contributed by atoms with van der Waals surface area (Å²) in [5, 5.41) is 0. The molecule has 1 heterocycles. The van der Waals surface area contributed by atoms with E-state index in [0.29, 0.717) is 18.8 Å². The van der Waals surface area contributed by atoms with E-state index in [1.165, 1.54) is 11.1 Å². The zero-order valence-electron chi connectivity index (χ0n) is 12.2. The van der Waals surface area contributed by atoms with E-state index in [4.69, 9.17) is 4.74 Å². The van der Waals surface area contributed by atoms with Crippen molar-refractivity contribution in [3.05, 3.63) is 84.4 Å². The van der Waals surface area contributed by atoms with Crippen molar-refractivity contribution in [3.8, 4) is 0 Å². The van der Waals surface area contributed by atoms with Gasteiger partial charge in [0.15, 0.2) is 0 Å². The minimum absolute atomic E-state index is 0.316. The van der Waals surface area contributed by atoms with Crippen LogP contribution in [0, 0.1) is 0 Å². The molecule has 0 spiro atoms. The van der Waals surface area contributed by atoms with Crippen LogP contribution < -0.4 is 0 Å². The third kappa shape index (κ3) is 3.23. The van der Waals surface area contributed by atoms with Crippen LogP contribution in [0.15, 0.2) is 73.3 Å². The van der Waals surface area contributed by atoms with Crippen molar-refractivity contribution >= 4 is 0 Å². The SMILES string of the molecule is C=CCOC1CN(C(c2ccccc2)c2ccccc2)C1. The Hall–Kier alpha value is -1.90. The number of nitrogens with zero attached hydrogens (tertiary/aromatic N) is 1. The first-order valence-corrected chi connectivity index (χ1v) is 7.45. The fourth-order valence-corrected chi connectivity index (χ4v) is 2.87. The highest BCUT2D eigenvalue weighted by Gasteiger charge is 2.34. The van der Waals surface area contributed by atoms with Gasteiger partial charge in [-0.05, 0) is 11.1 Å². The third-order valence-corrected chi connectivity index (χ3v) is 3.92. The van der Waals surface area contributed by atoms with Crippen LogP contribution in [0.5, 0.6) is 0 Å². The van der Waals surface area contributed by atoms with Gasteiger partial charge in [0, 0.05) is 13.1 Å². The summed E-state index contributed by atoms with van der Waals surface area (Å²) in [6, 6.07) is 21.7. The van der Waals surface area contributed by atoms with Crippen LogP contribution in [0.4, 0.5) is 0 Å². The van der Waals surface area contributed by atoms with E-state index in [1.807, 2.05) is 6.08 Å². The first-order valence-electron chi connectivity index (χ1n) is 7.45. The zero-order valence-corrected chi connectivity index (χ0v) is 12.2. The Labute approximate surface area is 126 Å². The Kier molecular flexibility index (Phi) is 4.49. The second kappa shape index (κ2) is 6.70. The van der Waals surface area contributed by atoms with Crippen LogP contribution in [0.2, 0.25) is 0 Å². The van der Waals surface area contributed by atoms with Crippen LogP contribution in [0.3, 0.4) is 0 Å². The first kappa shape index (κ1) is 14.1. The molecule has 2 heteroatoms. The number of benzene rings is 2. The van der Waals surface area contributed by atoms with Gasteiger partial charge in [0.2, 0.25) is 0 Å². The summed E-state index contributed by atoms with van der Waals surface area (Å²) in [7, 11) is 0. The third-order valence-electron chi connectivity index (χ3n) is 3.92. The molecule has 2 aromatic rings. The van der Waals surface area contributed by atoms with Gasteiger partial charge in [-0.15, -0.1) is 6.58 Å². The maximum absolute atomic E-state index is 5.72. The Morgan fingerprint density at radius 2 is 1.52 bits per heavy atom. The molecule has 1 aliphatic heterocycles. The molecule has 1 fully saturated rings. The van der Waals surface area contributed by atoms with Gasteiger partial charge in [-0.3, -0.25) is 4.90 Å². The van der Waals surface area contributed by atoms with E-state index < -0.39 is 0 Å². The molecule has 2 aromatic carbocycles. The summed E-state index contributed by atoms with van der Waals surface area (Å²) >= 11 is 0. The number of hydrogen-bond acceptors (Lipinski definition) is 2. The van der Waals surface area contributed by atoms with E-state index in [1.54, 1.807) is 0 Å². The second-order valence-corrected chi connectivity index (χ2v) is 5.42. The van der Waals surface area contributed by atoms with Crippen molar-refractivity contribution in [3.63, 3.8) is 0 Å². The van der Waals surface area contributed by atoms with Gasteiger partial charge in [-0.25, -0.2) is 0 Å². The fourth-order valence-electron chi connectivity index (χ4n) is 2.87. The molecule has 0 amide bonds. The lowest BCUT2D eigenvalue weighted by atomic mass is 9.94. The standard InChI is InChI=1S/C19H21NO/c1-2-13-21-18-14-20(15-18)19(16-9-5-3-6-10-16)17-11-7-4-8-12-17/h2-12,18-19H,1,13-15H2. The molecule has 3 rings (SSSR count). The Bertz CT molecular complexity index is 521. The minimum atomic E-state index is 0.316. The molecular weight excluding hydrogens is 258 g/mol. The maximum Gasteiger partial charge on any atom is 0.0833 e. The lowest BCUT2D eigenvalue weighted by Gasteiger charge is -2.44. The maximum atomic E-state index is 5.72. The fraction of sp³-hybridized carbons (Fsp3) is 0.263. The van der Waals surface area contributed by atoms with E-state index in [0.717, 1.165) is 13.1 Å². The average Bonchev–Trinajstić information content (AvgIpc) is 2.51. The van der Waals surface area contributed by atoms with Gasteiger partial charge >= 0.3 is 0 Å². The Morgan fingerprint density at radius 3 is 2.00 bits per heavy atom. The predicted molar refractivity (Wildman–Crippen MR) is 86.2 cm³/mol. The van der Waals surface area contributed by atoms with Crippen molar-refractivity contribution in [2.45, 2.75) is 12.1 Å². The molecule has 108 valence electrons. The Balaban J connectivity index is 1.77. The molecule has 0 aliphatic carbocycles. The molecule has 0 saturated carbocycles. The number of hydrogen-bond donors (Lipinski definition) is 0. The minimum Gasteiger partial charge on any atom is -0.372 e. The highest BCUT2D eigenvalue weighted by Crippen LogP contribution is 2.32. The number of likely N-dealkylation sites (tertiary alicyclic amines) is 1. The normalized spacial score (nSPS) is 15.9. The summed E-state index contributed by atoms with van der Waals surface area (Å²) in [5.74, 6) is 0. The van der Waals surface area contributed by atoms with Crippen LogP contribution in [-0.2, 0) is 4.74 Å². The molecule has 0 unspecified atom stereocenters. The lowest BCUT2D eigenvalue weighted by molar-refractivity contribution is -0.0568. The van der Waals surface area contributed by atoms with Crippen LogP contribution in [0.1, 0.15) is 17.2 Å². The zero-order chi connectivity index (χ0) is 14.5. The molecule has 0 N–H and O–H groups in total. The molecule has 0 aromatic heterocycles. The first-order chi connectivity index (χ1) is 10.4. The van der Waals surface area contributed by atoms with Crippen molar-refractivity contribution < 1.29 is 4.74 Å². The summed E-state index contributed by atoms with van der Waals surface area (Å²) in [4.78, 5) is 2.47. The van der Waals surface area contributed by atoms with Gasteiger partial charge in [-0.1, -0.05) is 66.7 Å². The van der Waals surface area contributed by atoms with Crippen molar-refractivity contribution in [1.29, 1.82) is 0 Å². The predicted octanol–water partition coefficient (Wildman–Crippen LogP) is 3.66. The van der Waals surface area contributed by atoms with Gasteiger partial charge < -0.3 is 4.74 Å². The van der Waals surface area contributed by atoms with Crippen LogP contribution in [-0.4, -0.2) is 30.7 Å². The summed E-state index contributed by atoms with van der Waals surface area (Å²) < 4.78 is 5.72. The molecular formula is C19H21NO. The quantitative estimate of drug-likeness (QED) is 0.748. The summed E-state index contributed by atoms with van der Waals surface area (Å²) in [6.45, 7) is 6.29. The largest absolute Gasteiger partial charge is 0.372 e. The van der Waals surface area contributed by atoms with Gasteiger partial charge in [0.25, 0.3) is 0 Å². The highest BCUT2D eigenvalue weighted by molar-refractivity contribution is 5.32. The number of rotatable bonds is 6. The van der Waals surface area contributed by atoms with E-state index in [-0.39, 0.29) is 0 Å².